The predicted molar refractivity (Wildman–Crippen MR) is 148 cm³/mol. The van der Waals surface area contributed by atoms with Gasteiger partial charge in [-0.15, -0.1) is 0 Å². The zero-order valence-corrected chi connectivity index (χ0v) is 22.1. The molecule has 0 saturated carbocycles. The summed E-state index contributed by atoms with van der Waals surface area (Å²) in [6, 6.07) is 23.2. The number of rotatable bonds is 10. The van der Waals surface area contributed by atoms with Crippen molar-refractivity contribution in [3.05, 3.63) is 102 Å². The number of nitriles is 1. The third-order valence-corrected chi connectivity index (χ3v) is 7.02. The Morgan fingerprint density at radius 1 is 1.02 bits per heavy atom. The second-order valence-corrected chi connectivity index (χ2v) is 9.79. The fourth-order valence-corrected chi connectivity index (χ4v) is 5.00. The minimum atomic E-state index is -4.97. The number of carbonyl (C=O) groups excluding carboxylic acids is 1. The van der Waals surface area contributed by atoms with Gasteiger partial charge in [0, 0.05) is 24.1 Å². The number of carboxylic acid groups (broad SMARTS) is 1. The molecule has 1 heterocycles. The van der Waals surface area contributed by atoms with Crippen molar-refractivity contribution in [3.8, 4) is 6.07 Å². The van der Waals surface area contributed by atoms with Crippen LogP contribution in [0.25, 0.3) is 0 Å². The molecule has 3 aromatic carbocycles. The summed E-state index contributed by atoms with van der Waals surface area (Å²) in [6.45, 7) is 1.33. The molecule has 0 bridgehead atoms. The average Bonchev–Trinajstić information content (AvgIpc) is 3.42. The largest absolute Gasteiger partial charge is 0.480 e. The number of halogens is 3. The standard InChI is InChI=1S/C31H29F3N4O3/c32-31(33,34)24(17-18-35)28(30(40)41)37-27(22-12-5-2-6-13-22)23-14-7-8-15-25(23)36-29(39)26-16-9-19-38(26)20-21-10-3-1-4-11-21/h1-8,10-15,24,26,28H,9,16-17,19-20H2,(H,36,39)(H,40,41)/t24-,26-,28-/m0/s1. The molecule has 0 aromatic heterocycles. The Labute approximate surface area is 235 Å². The van der Waals surface area contributed by atoms with Crippen LogP contribution in [0.1, 0.15) is 36.0 Å². The number of aliphatic carboxylic acids is 1. The molecule has 7 nitrogen and oxygen atoms in total. The van der Waals surface area contributed by atoms with Crippen LogP contribution < -0.4 is 5.32 Å². The van der Waals surface area contributed by atoms with Crippen LogP contribution in [0.4, 0.5) is 18.9 Å². The maximum absolute atomic E-state index is 13.8. The Kier molecular flexibility index (Phi) is 9.53. The highest BCUT2D eigenvalue weighted by molar-refractivity contribution is 6.17. The third kappa shape index (κ3) is 7.38. The average molecular weight is 563 g/mol. The maximum atomic E-state index is 13.8. The highest BCUT2D eigenvalue weighted by Gasteiger charge is 2.48. The number of anilines is 1. The van der Waals surface area contributed by atoms with E-state index in [0.717, 1.165) is 18.5 Å². The van der Waals surface area contributed by atoms with Crippen molar-refractivity contribution < 1.29 is 27.9 Å². The molecular formula is C31H29F3N4O3. The number of hydrogen-bond acceptors (Lipinski definition) is 5. The Morgan fingerprint density at radius 3 is 2.29 bits per heavy atom. The van der Waals surface area contributed by atoms with E-state index in [9.17, 15) is 27.9 Å². The Bertz CT molecular complexity index is 1420. The topological polar surface area (TPSA) is 106 Å². The predicted octanol–water partition coefficient (Wildman–Crippen LogP) is 5.67. The lowest BCUT2D eigenvalue weighted by molar-refractivity contribution is -0.185. The number of carbonyl (C=O) groups is 2. The van der Waals surface area contributed by atoms with Crippen molar-refractivity contribution in [1.29, 1.82) is 5.26 Å². The van der Waals surface area contributed by atoms with Gasteiger partial charge in [-0.1, -0.05) is 78.9 Å². The smallest absolute Gasteiger partial charge is 0.395 e. The number of nitrogens with zero attached hydrogens (tertiary/aromatic N) is 3. The van der Waals surface area contributed by atoms with E-state index in [2.05, 4.69) is 15.2 Å². The first-order chi connectivity index (χ1) is 19.7. The molecular weight excluding hydrogens is 533 g/mol. The summed E-state index contributed by atoms with van der Waals surface area (Å²) in [5.74, 6) is -4.60. The summed E-state index contributed by atoms with van der Waals surface area (Å²) < 4.78 is 41.5. The van der Waals surface area contributed by atoms with E-state index in [4.69, 9.17) is 5.26 Å². The van der Waals surface area contributed by atoms with Crippen molar-refractivity contribution in [2.45, 2.75) is 44.1 Å². The minimum Gasteiger partial charge on any atom is -0.480 e. The minimum absolute atomic E-state index is 0.0337. The van der Waals surface area contributed by atoms with E-state index in [0.29, 0.717) is 24.2 Å². The molecule has 10 heteroatoms. The molecule has 212 valence electrons. The van der Waals surface area contributed by atoms with Gasteiger partial charge in [0.1, 0.15) is 5.92 Å². The van der Waals surface area contributed by atoms with Crippen LogP contribution in [0.3, 0.4) is 0 Å². The highest BCUT2D eigenvalue weighted by Crippen LogP contribution is 2.34. The quantitative estimate of drug-likeness (QED) is 0.310. The summed E-state index contributed by atoms with van der Waals surface area (Å²) in [6.07, 6.45) is -4.56. The summed E-state index contributed by atoms with van der Waals surface area (Å²) in [7, 11) is 0. The molecule has 41 heavy (non-hydrogen) atoms. The summed E-state index contributed by atoms with van der Waals surface area (Å²) >= 11 is 0. The molecule has 1 saturated heterocycles. The fraction of sp³-hybridized carbons (Fsp3) is 0.290. The first-order valence-electron chi connectivity index (χ1n) is 13.2. The van der Waals surface area contributed by atoms with E-state index in [-0.39, 0.29) is 17.2 Å². The SMILES string of the molecule is N#CC[C@@H]([C@H](N=C(c1ccccc1)c1ccccc1NC(=O)[C@@H]1CCCN1Cc1ccccc1)C(=O)O)C(F)(F)F. The molecule has 1 fully saturated rings. The Balaban J connectivity index is 1.71. The van der Waals surface area contributed by atoms with Crippen LogP contribution in [-0.2, 0) is 16.1 Å². The molecule has 4 rings (SSSR count). The Morgan fingerprint density at radius 2 is 1.66 bits per heavy atom. The van der Waals surface area contributed by atoms with E-state index < -0.39 is 36.6 Å². The van der Waals surface area contributed by atoms with Gasteiger partial charge in [-0.25, -0.2) is 4.79 Å². The molecule has 2 N–H and O–H groups in total. The van der Waals surface area contributed by atoms with Gasteiger partial charge in [0.15, 0.2) is 6.04 Å². The number of alkyl halides is 3. The molecule has 1 amide bonds. The number of hydrogen-bond donors (Lipinski definition) is 2. The third-order valence-electron chi connectivity index (χ3n) is 7.02. The van der Waals surface area contributed by atoms with Gasteiger partial charge < -0.3 is 10.4 Å². The maximum Gasteiger partial charge on any atom is 0.395 e. The first-order valence-corrected chi connectivity index (χ1v) is 13.2. The van der Waals surface area contributed by atoms with Crippen LogP contribution in [0, 0.1) is 17.2 Å². The lowest BCUT2D eigenvalue weighted by atomic mass is 9.94. The summed E-state index contributed by atoms with van der Waals surface area (Å²) in [5.41, 5.74) is 1.96. The number of likely N-dealkylation sites (tertiary alicyclic amines) is 1. The first kappa shape index (κ1) is 29.5. The van der Waals surface area contributed by atoms with Gasteiger partial charge in [0.25, 0.3) is 0 Å². The number of benzene rings is 3. The lowest BCUT2D eigenvalue weighted by Crippen LogP contribution is -2.39. The zero-order valence-electron chi connectivity index (χ0n) is 22.1. The number of para-hydroxylation sites is 1. The van der Waals surface area contributed by atoms with E-state index in [1.807, 2.05) is 30.3 Å². The van der Waals surface area contributed by atoms with Crippen molar-refractivity contribution in [2.75, 3.05) is 11.9 Å². The number of amides is 1. The molecule has 0 aliphatic carbocycles. The van der Waals surface area contributed by atoms with Crippen LogP contribution >= 0.6 is 0 Å². The van der Waals surface area contributed by atoms with Crippen LogP contribution in [0.5, 0.6) is 0 Å². The lowest BCUT2D eigenvalue weighted by Gasteiger charge is -2.25. The van der Waals surface area contributed by atoms with Crippen LogP contribution in [0.15, 0.2) is 89.9 Å². The van der Waals surface area contributed by atoms with Crippen molar-refractivity contribution >= 4 is 23.3 Å². The molecule has 1 aliphatic heterocycles. The number of carboxylic acids is 1. The van der Waals surface area contributed by atoms with Crippen LogP contribution in [-0.4, -0.2) is 52.4 Å². The second kappa shape index (κ2) is 13.2. The van der Waals surface area contributed by atoms with Gasteiger partial charge >= 0.3 is 12.1 Å². The summed E-state index contributed by atoms with van der Waals surface area (Å²) in [5, 5.41) is 21.7. The van der Waals surface area contributed by atoms with Crippen molar-refractivity contribution in [1.82, 2.24) is 4.90 Å². The van der Waals surface area contributed by atoms with Crippen LogP contribution in [0.2, 0.25) is 0 Å². The fourth-order valence-electron chi connectivity index (χ4n) is 5.00. The second-order valence-electron chi connectivity index (χ2n) is 9.79. The zero-order chi connectivity index (χ0) is 29.4. The summed E-state index contributed by atoms with van der Waals surface area (Å²) in [4.78, 5) is 31.8. The molecule has 3 aromatic rings. The van der Waals surface area contributed by atoms with Gasteiger partial charge in [-0.2, -0.15) is 18.4 Å². The highest BCUT2D eigenvalue weighted by atomic mass is 19.4. The van der Waals surface area contributed by atoms with Crippen molar-refractivity contribution in [3.63, 3.8) is 0 Å². The molecule has 0 spiro atoms. The van der Waals surface area contributed by atoms with Gasteiger partial charge in [-0.3, -0.25) is 14.7 Å². The molecule has 0 radical (unpaired) electrons. The van der Waals surface area contributed by atoms with Gasteiger partial charge in [0.05, 0.1) is 23.5 Å². The van der Waals surface area contributed by atoms with Gasteiger partial charge in [0.2, 0.25) is 5.91 Å². The molecule has 0 unspecified atom stereocenters. The van der Waals surface area contributed by atoms with Gasteiger partial charge in [-0.05, 0) is 31.0 Å². The normalized spacial score (nSPS) is 17.4. The molecule has 1 aliphatic rings. The van der Waals surface area contributed by atoms with E-state index >= 15 is 0 Å². The Hall–Kier alpha value is -4.49. The monoisotopic (exact) mass is 562 g/mol. The molecule has 3 atom stereocenters. The number of nitrogens with one attached hydrogen (secondary N) is 1. The van der Waals surface area contributed by atoms with E-state index in [1.54, 1.807) is 54.6 Å². The van der Waals surface area contributed by atoms with E-state index in [1.165, 1.54) is 6.07 Å². The number of aliphatic imine (C=N–C) groups is 1. The van der Waals surface area contributed by atoms with Crippen molar-refractivity contribution in [2.24, 2.45) is 10.9 Å².